The van der Waals surface area contributed by atoms with Crippen LogP contribution in [0.1, 0.15) is 16.7 Å². The molecule has 0 unspecified atom stereocenters. The number of benzene rings is 2. The van der Waals surface area contributed by atoms with Gasteiger partial charge in [-0.3, -0.25) is 0 Å². The zero-order valence-corrected chi connectivity index (χ0v) is 14.7. The number of anilines is 3. The van der Waals surface area contributed by atoms with E-state index in [0.29, 0.717) is 16.8 Å². The summed E-state index contributed by atoms with van der Waals surface area (Å²) in [6.07, 6.45) is 2.62. The Hall–Kier alpha value is -2.66. The van der Waals surface area contributed by atoms with E-state index in [1.807, 2.05) is 25.1 Å². The molecule has 5 nitrogen and oxygen atoms in total. The zero-order valence-electron chi connectivity index (χ0n) is 13.9. The van der Waals surface area contributed by atoms with Crippen molar-refractivity contribution in [2.75, 3.05) is 16.8 Å². The average Bonchev–Trinajstić information content (AvgIpc) is 2.64. The highest BCUT2D eigenvalue weighted by molar-refractivity contribution is 6.30. The Balaban J connectivity index is 1.57. The molecule has 0 spiro atoms. The summed E-state index contributed by atoms with van der Waals surface area (Å²) < 4.78 is 0. The van der Waals surface area contributed by atoms with Gasteiger partial charge in [0.1, 0.15) is 0 Å². The van der Waals surface area contributed by atoms with Crippen molar-refractivity contribution in [2.24, 2.45) is 0 Å². The summed E-state index contributed by atoms with van der Waals surface area (Å²) in [4.78, 5) is 6.79. The van der Waals surface area contributed by atoms with E-state index in [1.165, 1.54) is 11.1 Å². The van der Waals surface area contributed by atoms with Gasteiger partial charge in [0, 0.05) is 23.8 Å². The Morgan fingerprint density at radius 2 is 1.96 bits per heavy atom. The van der Waals surface area contributed by atoms with Crippen LogP contribution >= 0.6 is 11.6 Å². The second-order valence-electron chi connectivity index (χ2n) is 6.17. The molecule has 1 aliphatic rings. The lowest BCUT2D eigenvalue weighted by molar-refractivity contribution is 0.698. The van der Waals surface area contributed by atoms with Crippen LogP contribution < -0.4 is 10.2 Å². The lowest BCUT2D eigenvalue weighted by Crippen LogP contribution is -2.32. The van der Waals surface area contributed by atoms with Gasteiger partial charge in [-0.2, -0.15) is 10.1 Å². The molecular weight excluding hydrogens is 334 g/mol. The van der Waals surface area contributed by atoms with Crippen LogP contribution in [0.15, 0.2) is 48.7 Å². The van der Waals surface area contributed by atoms with Crippen LogP contribution in [-0.2, 0) is 13.0 Å². The monoisotopic (exact) mass is 351 g/mol. The van der Waals surface area contributed by atoms with Crippen LogP contribution in [-0.4, -0.2) is 21.7 Å². The molecule has 0 atom stereocenters. The van der Waals surface area contributed by atoms with E-state index in [2.05, 4.69) is 49.7 Å². The second-order valence-corrected chi connectivity index (χ2v) is 6.60. The molecule has 126 valence electrons. The average molecular weight is 352 g/mol. The molecule has 0 saturated heterocycles. The number of hydrogen-bond acceptors (Lipinski definition) is 5. The van der Waals surface area contributed by atoms with Crippen molar-refractivity contribution in [3.63, 3.8) is 0 Å². The molecule has 3 aromatic rings. The Labute approximate surface area is 151 Å². The van der Waals surface area contributed by atoms with Crippen molar-refractivity contribution in [3.8, 4) is 0 Å². The SMILES string of the molecule is Cc1ccc(Cl)cc1Nc1cnnc(N2CCc3ccccc3C2)n1. The third-order valence-electron chi connectivity index (χ3n) is 4.42. The molecule has 0 radical (unpaired) electrons. The first-order valence-corrected chi connectivity index (χ1v) is 8.61. The topological polar surface area (TPSA) is 53.9 Å². The van der Waals surface area contributed by atoms with Gasteiger partial charge in [0.15, 0.2) is 5.82 Å². The summed E-state index contributed by atoms with van der Waals surface area (Å²) in [5.41, 5.74) is 4.73. The standard InChI is InChI=1S/C19H18ClN5/c1-13-6-7-16(20)10-17(13)22-18-11-21-24-19(23-18)25-9-8-14-4-2-3-5-15(14)12-25/h2-7,10-11H,8-9,12H2,1H3,(H,22,23,24). The molecule has 25 heavy (non-hydrogen) atoms. The van der Waals surface area contributed by atoms with E-state index in [9.17, 15) is 0 Å². The molecule has 1 aliphatic heterocycles. The lowest BCUT2D eigenvalue weighted by Gasteiger charge is -2.28. The van der Waals surface area contributed by atoms with Gasteiger partial charge in [-0.25, -0.2) is 0 Å². The number of hydrogen-bond donors (Lipinski definition) is 1. The first kappa shape index (κ1) is 15.8. The van der Waals surface area contributed by atoms with Gasteiger partial charge < -0.3 is 10.2 Å². The van der Waals surface area contributed by atoms with Gasteiger partial charge in [0.25, 0.3) is 0 Å². The van der Waals surface area contributed by atoms with Crippen LogP contribution in [0, 0.1) is 6.92 Å². The quantitative estimate of drug-likeness (QED) is 0.768. The molecule has 0 aliphatic carbocycles. The Morgan fingerprint density at radius 1 is 1.12 bits per heavy atom. The van der Waals surface area contributed by atoms with E-state index in [1.54, 1.807) is 6.20 Å². The molecule has 1 aromatic heterocycles. The van der Waals surface area contributed by atoms with Crippen LogP contribution in [0.25, 0.3) is 0 Å². The number of aryl methyl sites for hydroxylation is 1. The number of halogens is 1. The van der Waals surface area contributed by atoms with Crippen molar-refractivity contribution in [3.05, 3.63) is 70.4 Å². The summed E-state index contributed by atoms with van der Waals surface area (Å²) in [6, 6.07) is 14.2. The molecular formula is C19H18ClN5. The second kappa shape index (κ2) is 6.69. The normalized spacial score (nSPS) is 13.4. The van der Waals surface area contributed by atoms with Crippen LogP contribution in [0.2, 0.25) is 5.02 Å². The number of nitrogens with one attached hydrogen (secondary N) is 1. The summed E-state index contributed by atoms with van der Waals surface area (Å²) >= 11 is 6.09. The van der Waals surface area contributed by atoms with Gasteiger partial charge in [-0.1, -0.05) is 41.9 Å². The predicted molar refractivity (Wildman–Crippen MR) is 100 cm³/mol. The fraction of sp³-hybridized carbons (Fsp3) is 0.211. The molecule has 6 heteroatoms. The van der Waals surface area contributed by atoms with Gasteiger partial charge in [0.05, 0.1) is 6.20 Å². The fourth-order valence-electron chi connectivity index (χ4n) is 3.02. The lowest BCUT2D eigenvalue weighted by atomic mass is 10.0. The summed E-state index contributed by atoms with van der Waals surface area (Å²) in [5, 5.41) is 12.3. The molecule has 4 rings (SSSR count). The maximum Gasteiger partial charge on any atom is 0.247 e. The minimum atomic E-state index is 0.638. The van der Waals surface area contributed by atoms with Crippen molar-refractivity contribution < 1.29 is 0 Å². The number of nitrogens with zero attached hydrogens (tertiary/aromatic N) is 4. The molecule has 0 bridgehead atoms. The molecule has 2 aromatic carbocycles. The third kappa shape index (κ3) is 3.42. The van der Waals surface area contributed by atoms with E-state index >= 15 is 0 Å². The van der Waals surface area contributed by atoms with Crippen LogP contribution in [0.4, 0.5) is 17.5 Å². The maximum atomic E-state index is 6.09. The minimum absolute atomic E-state index is 0.638. The Kier molecular flexibility index (Phi) is 4.24. The first-order valence-electron chi connectivity index (χ1n) is 8.24. The zero-order chi connectivity index (χ0) is 17.2. The molecule has 0 fully saturated rings. The predicted octanol–water partition coefficient (Wildman–Crippen LogP) is 4.14. The molecule has 0 saturated carbocycles. The number of aromatic nitrogens is 3. The van der Waals surface area contributed by atoms with Crippen LogP contribution in [0.3, 0.4) is 0 Å². The van der Waals surface area contributed by atoms with Gasteiger partial charge in [-0.05, 0) is 42.2 Å². The third-order valence-corrected chi connectivity index (χ3v) is 4.66. The van der Waals surface area contributed by atoms with Crippen molar-refractivity contribution in [1.82, 2.24) is 15.2 Å². The maximum absolute atomic E-state index is 6.09. The summed E-state index contributed by atoms with van der Waals surface area (Å²) in [5.74, 6) is 1.30. The highest BCUT2D eigenvalue weighted by Crippen LogP contribution is 2.25. The minimum Gasteiger partial charge on any atom is -0.339 e. The summed E-state index contributed by atoms with van der Waals surface area (Å²) in [6.45, 7) is 3.71. The van der Waals surface area contributed by atoms with Gasteiger partial charge >= 0.3 is 0 Å². The highest BCUT2D eigenvalue weighted by Gasteiger charge is 2.18. The number of fused-ring (bicyclic) bond motifs is 1. The highest BCUT2D eigenvalue weighted by atomic mass is 35.5. The molecule has 0 amide bonds. The van der Waals surface area contributed by atoms with Crippen LogP contribution in [0.5, 0.6) is 0 Å². The van der Waals surface area contributed by atoms with E-state index in [-0.39, 0.29) is 0 Å². The van der Waals surface area contributed by atoms with Crippen molar-refractivity contribution >= 4 is 29.1 Å². The first-order chi connectivity index (χ1) is 12.2. The van der Waals surface area contributed by atoms with Crippen molar-refractivity contribution in [1.29, 1.82) is 0 Å². The summed E-state index contributed by atoms with van der Waals surface area (Å²) in [7, 11) is 0. The van der Waals surface area contributed by atoms with E-state index in [4.69, 9.17) is 11.6 Å². The van der Waals surface area contributed by atoms with E-state index < -0.39 is 0 Å². The fourth-order valence-corrected chi connectivity index (χ4v) is 3.19. The van der Waals surface area contributed by atoms with Crippen molar-refractivity contribution in [2.45, 2.75) is 19.9 Å². The smallest absolute Gasteiger partial charge is 0.247 e. The number of rotatable bonds is 3. The molecule has 2 heterocycles. The Morgan fingerprint density at radius 3 is 2.84 bits per heavy atom. The van der Waals surface area contributed by atoms with Gasteiger partial charge in [-0.15, -0.1) is 5.10 Å². The van der Waals surface area contributed by atoms with Gasteiger partial charge in [0.2, 0.25) is 5.95 Å². The molecule has 1 N–H and O–H groups in total. The Bertz CT molecular complexity index is 912. The van der Waals surface area contributed by atoms with E-state index in [0.717, 1.165) is 30.8 Å². The largest absolute Gasteiger partial charge is 0.339 e.